The molecule has 1 unspecified atom stereocenters. The molecule has 0 aromatic heterocycles. The molecule has 0 N–H and O–H groups in total. The Labute approximate surface area is 79.4 Å². The lowest BCUT2D eigenvalue weighted by atomic mass is 9.99. The summed E-state index contributed by atoms with van der Waals surface area (Å²) in [6.45, 7) is 8.17. The van der Waals surface area contributed by atoms with Crippen LogP contribution in [0.2, 0.25) is 0 Å². The van der Waals surface area contributed by atoms with Crippen molar-refractivity contribution in [2.45, 2.75) is 58.4 Å². The van der Waals surface area contributed by atoms with Gasteiger partial charge in [0.2, 0.25) is 0 Å². The third-order valence-corrected chi connectivity index (χ3v) is 2.90. The fourth-order valence-corrected chi connectivity index (χ4v) is 2.19. The summed E-state index contributed by atoms with van der Waals surface area (Å²) in [4.78, 5) is 0. The standard InChI is InChI=1S/C10H18O3/c1-5-7-6(2)8-9(11-7)13-10(3,4)12-8/h6-9H,5H2,1-4H3/t6-,7?,8+,9+/m0/s1. The molecule has 3 heteroatoms. The van der Waals surface area contributed by atoms with Crippen LogP contribution in [0.25, 0.3) is 0 Å². The number of ether oxygens (including phenoxy) is 3. The lowest BCUT2D eigenvalue weighted by Gasteiger charge is -2.22. The van der Waals surface area contributed by atoms with E-state index in [9.17, 15) is 0 Å². The van der Waals surface area contributed by atoms with Crippen LogP contribution in [-0.2, 0) is 14.2 Å². The van der Waals surface area contributed by atoms with E-state index in [1.807, 2.05) is 13.8 Å². The first-order chi connectivity index (χ1) is 6.03. The van der Waals surface area contributed by atoms with Gasteiger partial charge in [-0.15, -0.1) is 0 Å². The summed E-state index contributed by atoms with van der Waals surface area (Å²) in [6, 6.07) is 0. The highest BCUT2D eigenvalue weighted by atomic mass is 16.8. The Kier molecular flexibility index (Phi) is 2.13. The lowest BCUT2D eigenvalue weighted by Crippen LogP contribution is -2.28. The topological polar surface area (TPSA) is 27.7 Å². The van der Waals surface area contributed by atoms with E-state index in [2.05, 4.69) is 13.8 Å². The molecule has 0 aromatic carbocycles. The Morgan fingerprint density at radius 2 is 1.92 bits per heavy atom. The van der Waals surface area contributed by atoms with Crippen molar-refractivity contribution in [1.29, 1.82) is 0 Å². The van der Waals surface area contributed by atoms with Crippen LogP contribution in [0.5, 0.6) is 0 Å². The summed E-state index contributed by atoms with van der Waals surface area (Å²) in [5.41, 5.74) is 0. The smallest absolute Gasteiger partial charge is 0.187 e. The molecule has 0 saturated carbocycles. The third-order valence-electron chi connectivity index (χ3n) is 2.90. The fraction of sp³-hybridized carbons (Fsp3) is 1.00. The van der Waals surface area contributed by atoms with E-state index in [0.717, 1.165) is 6.42 Å². The van der Waals surface area contributed by atoms with E-state index in [1.165, 1.54) is 0 Å². The Morgan fingerprint density at radius 3 is 2.46 bits per heavy atom. The van der Waals surface area contributed by atoms with Crippen molar-refractivity contribution < 1.29 is 14.2 Å². The molecule has 2 heterocycles. The molecule has 2 saturated heterocycles. The molecule has 0 spiro atoms. The van der Waals surface area contributed by atoms with Gasteiger partial charge in [0.1, 0.15) is 6.10 Å². The average molecular weight is 186 g/mol. The van der Waals surface area contributed by atoms with E-state index in [1.54, 1.807) is 0 Å². The van der Waals surface area contributed by atoms with Gasteiger partial charge in [-0.1, -0.05) is 13.8 Å². The summed E-state index contributed by atoms with van der Waals surface area (Å²) in [7, 11) is 0. The molecule has 2 fully saturated rings. The van der Waals surface area contributed by atoms with Gasteiger partial charge in [-0.2, -0.15) is 0 Å². The quantitative estimate of drug-likeness (QED) is 0.626. The van der Waals surface area contributed by atoms with Crippen molar-refractivity contribution in [3.63, 3.8) is 0 Å². The first-order valence-electron chi connectivity index (χ1n) is 5.04. The lowest BCUT2D eigenvalue weighted by molar-refractivity contribution is -0.209. The zero-order valence-electron chi connectivity index (χ0n) is 8.74. The third kappa shape index (κ3) is 1.49. The van der Waals surface area contributed by atoms with Crippen LogP contribution in [0.1, 0.15) is 34.1 Å². The van der Waals surface area contributed by atoms with Crippen LogP contribution in [0.4, 0.5) is 0 Å². The van der Waals surface area contributed by atoms with Gasteiger partial charge in [0.05, 0.1) is 6.10 Å². The van der Waals surface area contributed by atoms with Crippen molar-refractivity contribution in [2.75, 3.05) is 0 Å². The molecule has 0 amide bonds. The van der Waals surface area contributed by atoms with Crippen molar-refractivity contribution >= 4 is 0 Å². The maximum Gasteiger partial charge on any atom is 0.187 e. The molecule has 2 aliphatic heterocycles. The zero-order valence-corrected chi connectivity index (χ0v) is 8.74. The van der Waals surface area contributed by atoms with Crippen molar-refractivity contribution in [1.82, 2.24) is 0 Å². The van der Waals surface area contributed by atoms with E-state index in [0.29, 0.717) is 12.0 Å². The highest BCUT2D eigenvalue weighted by molar-refractivity contribution is 4.89. The minimum atomic E-state index is -0.470. The molecule has 0 aliphatic carbocycles. The summed E-state index contributed by atoms with van der Waals surface area (Å²) < 4.78 is 17.1. The minimum Gasteiger partial charge on any atom is -0.346 e. The van der Waals surface area contributed by atoms with Gasteiger partial charge >= 0.3 is 0 Å². The summed E-state index contributed by atoms with van der Waals surface area (Å²) in [5, 5.41) is 0. The number of hydrogen-bond donors (Lipinski definition) is 0. The molecule has 2 rings (SSSR count). The Hall–Kier alpha value is -0.120. The van der Waals surface area contributed by atoms with Crippen LogP contribution >= 0.6 is 0 Å². The predicted octanol–water partition coefficient (Wildman–Crippen LogP) is 1.91. The van der Waals surface area contributed by atoms with Gasteiger partial charge in [-0.3, -0.25) is 0 Å². The maximum atomic E-state index is 5.77. The zero-order chi connectivity index (χ0) is 9.64. The molecule has 3 nitrogen and oxygen atoms in total. The summed E-state index contributed by atoms with van der Waals surface area (Å²) in [6.07, 6.45) is 1.31. The fourth-order valence-electron chi connectivity index (χ4n) is 2.19. The highest BCUT2D eigenvalue weighted by Crippen LogP contribution is 2.41. The Balaban J connectivity index is 2.07. The Morgan fingerprint density at radius 1 is 1.23 bits per heavy atom. The van der Waals surface area contributed by atoms with Gasteiger partial charge < -0.3 is 14.2 Å². The van der Waals surface area contributed by atoms with Crippen molar-refractivity contribution in [2.24, 2.45) is 5.92 Å². The first kappa shape index (κ1) is 9.44. The van der Waals surface area contributed by atoms with E-state index >= 15 is 0 Å². The molecule has 13 heavy (non-hydrogen) atoms. The molecule has 76 valence electrons. The second-order valence-electron chi connectivity index (χ2n) is 4.41. The van der Waals surface area contributed by atoms with Crippen molar-refractivity contribution in [3.8, 4) is 0 Å². The van der Waals surface area contributed by atoms with Crippen LogP contribution in [0.15, 0.2) is 0 Å². The van der Waals surface area contributed by atoms with Crippen LogP contribution in [0, 0.1) is 5.92 Å². The number of hydrogen-bond acceptors (Lipinski definition) is 3. The van der Waals surface area contributed by atoms with Crippen LogP contribution in [-0.4, -0.2) is 24.3 Å². The molecular formula is C10H18O3. The van der Waals surface area contributed by atoms with Crippen LogP contribution < -0.4 is 0 Å². The normalized spacial score (nSPS) is 48.0. The largest absolute Gasteiger partial charge is 0.346 e. The number of rotatable bonds is 1. The predicted molar refractivity (Wildman–Crippen MR) is 48.2 cm³/mol. The first-order valence-corrected chi connectivity index (χ1v) is 5.04. The average Bonchev–Trinajstić information content (AvgIpc) is 2.47. The Bertz CT molecular complexity index is 202. The molecule has 0 radical (unpaired) electrons. The molecule has 2 aliphatic rings. The van der Waals surface area contributed by atoms with Gasteiger partial charge in [0.15, 0.2) is 12.1 Å². The summed E-state index contributed by atoms with van der Waals surface area (Å²) >= 11 is 0. The van der Waals surface area contributed by atoms with Gasteiger partial charge in [-0.05, 0) is 20.3 Å². The monoisotopic (exact) mass is 186 g/mol. The minimum absolute atomic E-state index is 0.125. The highest BCUT2D eigenvalue weighted by Gasteiger charge is 2.52. The van der Waals surface area contributed by atoms with Gasteiger partial charge in [0, 0.05) is 5.92 Å². The summed E-state index contributed by atoms with van der Waals surface area (Å²) in [5.74, 6) is -0.0285. The molecular weight excluding hydrogens is 168 g/mol. The van der Waals surface area contributed by atoms with E-state index < -0.39 is 5.79 Å². The second-order valence-corrected chi connectivity index (χ2v) is 4.41. The SMILES string of the molecule is CCC1O[C@@H]2OC(C)(C)O[C@@H]2[C@H]1C. The van der Waals surface area contributed by atoms with E-state index in [4.69, 9.17) is 14.2 Å². The van der Waals surface area contributed by atoms with E-state index in [-0.39, 0.29) is 12.4 Å². The second kappa shape index (κ2) is 2.94. The maximum absolute atomic E-state index is 5.77. The molecule has 4 atom stereocenters. The molecule has 0 aromatic rings. The van der Waals surface area contributed by atoms with Crippen LogP contribution in [0.3, 0.4) is 0 Å². The number of fused-ring (bicyclic) bond motifs is 1. The molecule has 0 bridgehead atoms. The van der Waals surface area contributed by atoms with Gasteiger partial charge in [-0.25, -0.2) is 0 Å². The van der Waals surface area contributed by atoms with Crippen molar-refractivity contribution in [3.05, 3.63) is 0 Å². The van der Waals surface area contributed by atoms with Gasteiger partial charge in [0.25, 0.3) is 0 Å².